The highest BCUT2D eigenvalue weighted by atomic mass is 16.5. The summed E-state index contributed by atoms with van der Waals surface area (Å²) in [6.07, 6.45) is 1.26. The highest BCUT2D eigenvalue weighted by Gasteiger charge is 2.35. The fraction of sp³-hybridized carbons (Fsp3) is 0.286. The maximum absolute atomic E-state index is 11.5. The molecule has 2 bridgehead atoms. The second kappa shape index (κ2) is 5.97. The number of para-hydroxylation sites is 1. The van der Waals surface area contributed by atoms with Crippen LogP contribution in [0.4, 0.5) is 0 Å². The Hall–Kier alpha value is -2.63. The van der Waals surface area contributed by atoms with Crippen molar-refractivity contribution in [3.8, 4) is 0 Å². The summed E-state index contributed by atoms with van der Waals surface area (Å²) in [5.41, 5.74) is 7.57. The van der Waals surface area contributed by atoms with Crippen LogP contribution in [0.5, 0.6) is 0 Å². The third-order valence-electron chi connectivity index (χ3n) is 5.83. The van der Waals surface area contributed by atoms with Gasteiger partial charge < -0.3 is 4.57 Å². The van der Waals surface area contributed by atoms with E-state index in [0.717, 1.165) is 18.7 Å². The molecule has 132 valence electrons. The van der Waals surface area contributed by atoms with Crippen molar-refractivity contribution in [2.75, 3.05) is 13.1 Å². The van der Waals surface area contributed by atoms with E-state index in [9.17, 15) is 4.79 Å². The number of nitrogens with one attached hydrogen (secondary N) is 1. The first-order valence-electron chi connectivity index (χ1n) is 9.10. The average molecular weight is 347 g/mol. The zero-order valence-corrected chi connectivity index (χ0v) is 14.5. The highest BCUT2D eigenvalue weighted by molar-refractivity contribution is 5.93. The molecule has 2 aliphatic heterocycles. The van der Waals surface area contributed by atoms with E-state index in [1.807, 2.05) is 12.1 Å². The summed E-state index contributed by atoms with van der Waals surface area (Å²) in [5, 5.41) is 10.2. The summed E-state index contributed by atoms with van der Waals surface area (Å²) in [5.74, 6) is 0.172. The van der Waals surface area contributed by atoms with Crippen LogP contribution in [-0.2, 0) is 13.1 Å². The normalized spacial score (nSPS) is 21.0. The predicted octanol–water partition coefficient (Wildman–Crippen LogP) is 3.11. The minimum absolute atomic E-state index is 0.458. The van der Waals surface area contributed by atoms with Crippen LogP contribution in [0.3, 0.4) is 0 Å². The molecule has 2 aliphatic rings. The van der Waals surface area contributed by atoms with E-state index < -0.39 is 5.91 Å². The van der Waals surface area contributed by atoms with Crippen LogP contribution in [0.1, 0.15) is 39.5 Å². The summed E-state index contributed by atoms with van der Waals surface area (Å²) in [6.45, 7) is 4.19. The molecule has 3 aromatic rings. The van der Waals surface area contributed by atoms with E-state index in [0.29, 0.717) is 11.5 Å². The summed E-state index contributed by atoms with van der Waals surface area (Å²) in [6, 6.07) is 16.1. The van der Waals surface area contributed by atoms with E-state index >= 15 is 0 Å². The Morgan fingerprint density at radius 3 is 2.77 bits per heavy atom. The van der Waals surface area contributed by atoms with Crippen molar-refractivity contribution in [1.29, 1.82) is 0 Å². The van der Waals surface area contributed by atoms with Gasteiger partial charge in [0.25, 0.3) is 5.91 Å². The standard InChI is InChI=1S/C21H21N3O2/c25-21(22-26)15-7-5-14(6-8-15)11-24-18-4-2-1-3-17(18)20-16-9-10-23(12-16)13-19(20)24/h1-8,16,26H,9-13H2,(H,22,25)/t16-/m0/s1. The fourth-order valence-corrected chi connectivity index (χ4v) is 4.62. The molecular formula is C21H21N3O2. The molecule has 1 aromatic heterocycles. The number of benzene rings is 2. The number of carbonyl (C=O) groups is 1. The molecule has 5 rings (SSSR count). The van der Waals surface area contributed by atoms with Crippen LogP contribution in [0.2, 0.25) is 0 Å². The second-order valence-electron chi connectivity index (χ2n) is 7.32. The van der Waals surface area contributed by atoms with Crippen LogP contribution in [0, 0.1) is 0 Å². The number of carbonyl (C=O) groups excluding carboxylic acids is 1. The molecule has 5 heteroatoms. The Labute approximate surface area is 151 Å². The average Bonchev–Trinajstić information content (AvgIpc) is 3.21. The van der Waals surface area contributed by atoms with Gasteiger partial charge in [-0.1, -0.05) is 30.3 Å². The summed E-state index contributed by atoms with van der Waals surface area (Å²) >= 11 is 0. The topological polar surface area (TPSA) is 57.5 Å². The minimum atomic E-state index is -0.482. The van der Waals surface area contributed by atoms with Gasteiger partial charge in [0.2, 0.25) is 0 Å². The van der Waals surface area contributed by atoms with Crippen molar-refractivity contribution in [2.45, 2.75) is 25.4 Å². The zero-order chi connectivity index (χ0) is 17.7. The van der Waals surface area contributed by atoms with Crippen molar-refractivity contribution in [3.63, 3.8) is 0 Å². The third-order valence-corrected chi connectivity index (χ3v) is 5.83. The van der Waals surface area contributed by atoms with Crippen LogP contribution < -0.4 is 5.48 Å². The number of rotatable bonds is 3. The molecule has 0 aliphatic carbocycles. The van der Waals surface area contributed by atoms with Gasteiger partial charge in [0.15, 0.2) is 0 Å². The molecule has 1 saturated heterocycles. The maximum atomic E-state index is 11.5. The number of nitrogens with zero attached hydrogens (tertiary/aromatic N) is 2. The Morgan fingerprint density at radius 2 is 1.96 bits per heavy atom. The zero-order valence-electron chi connectivity index (χ0n) is 14.5. The van der Waals surface area contributed by atoms with Gasteiger partial charge in [0.1, 0.15) is 0 Å². The van der Waals surface area contributed by atoms with Crippen LogP contribution in [-0.4, -0.2) is 33.7 Å². The third kappa shape index (κ3) is 2.35. The molecule has 26 heavy (non-hydrogen) atoms. The van der Waals surface area contributed by atoms with Crippen molar-refractivity contribution in [2.24, 2.45) is 0 Å². The highest BCUT2D eigenvalue weighted by Crippen LogP contribution is 2.42. The Kier molecular flexibility index (Phi) is 3.58. The van der Waals surface area contributed by atoms with E-state index in [2.05, 4.69) is 33.7 Å². The Balaban J connectivity index is 1.57. The van der Waals surface area contributed by atoms with Crippen molar-refractivity contribution < 1.29 is 10.0 Å². The number of amides is 1. The van der Waals surface area contributed by atoms with Crippen molar-refractivity contribution in [1.82, 2.24) is 14.9 Å². The lowest BCUT2D eigenvalue weighted by Crippen LogP contribution is -2.26. The quantitative estimate of drug-likeness (QED) is 0.565. The molecule has 1 amide bonds. The largest absolute Gasteiger partial charge is 0.339 e. The smallest absolute Gasteiger partial charge is 0.274 e. The van der Waals surface area contributed by atoms with Crippen LogP contribution >= 0.6 is 0 Å². The molecule has 1 unspecified atom stereocenters. The van der Waals surface area contributed by atoms with Gasteiger partial charge in [-0.2, -0.15) is 0 Å². The Morgan fingerprint density at radius 1 is 1.15 bits per heavy atom. The molecule has 1 fully saturated rings. The van der Waals surface area contributed by atoms with Crippen LogP contribution in [0.25, 0.3) is 10.9 Å². The lowest BCUT2D eigenvalue weighted by molar-refractivity contribution is 0.0706. The first kappa shape index (κ1) is 15.6. The lowest BCUT2D eigenvalue weighted by Gasteiger charge is -2.25. The molecule has 0 radical (unpaired) electrons. The summed E-state index contributed by atoms with van der Waals surface area (Å²) < 4.78 is 2.44. The number of hydrogen-bond acceptors (Lipinski definition) is 3. The van der Waals surface area contributed by atoms with Crippen molar-refractivity contribution >= 4 is 16.8 Å². The molecule has 0 spiro atoms. The van der Waals surface area contributed by atoms with Gasteiger partial charge >= 0.3 is 0 Å². The molecule has 0 saturated carbocycles. The van der Waals surface area contributed by atoms with E-state index in [1.165, 1.54) is 36.1 Å². The van der Waals surface area contributed by atoms with Gasteiger partial charge in [-0.05, 0) is 42.3 Å². The molecule has 2 atom stereocenters. The van der Waals surface area contributed by atoms with Gasteiger partial charge in [-0.3, -0.25) is 14.9 Å². The SMILES string of the molecule is O=C(NO)c1ccc(Cn2c3c(c4ccccc42)[C@H]2CCN(C3)C2)cc1. The first-order valence-corrected chi connectivity index (χ1v) is 9.10. The lowest BCUT2D eigenvalue weighted by atomic mass is 9.93. The number of hydrogen-bond donors (Lipinski definition) is 2. The van der Waals surface area contributed by atoms with E-state index in [1.54, 1.807) is 23.2 Å². The van der Waals surface area contributed by atoms with E-state index in [4.69, 9.17) is 5.21 Å². The number of fused-ring (bicyclic) bond motifs is 6. The van der Waals surface area contributed by atoms with Gasteiger partial charge in [0, 0.05) is 47.7 Å². The molecule has 5 nitrogen and oxygen atoms in total. The minimum Gasteiger partial charge on any atom is -0.339 e. The van der Waals surface area contributed by atoms with Crippen molar-refractivity contribution in [3.05, 3.63) is 70.9 Å². The second-order valence-corrected chi connectivity index (χ2v) is 7.32. The number of hydroxylamine groups is 1. The molecule has 3 heterocycles. The fourth-order valence-electron chi connectivity index (χ4n) is 4.62. The van der Waals surface area contributed by atoms with E-state index in [-0.39, 0.29) is 0 Å². The Bertz CT molecular complexity index is 990. The molecular weight excluding hydrogens is 326 g/mol. The molecule has 2 aromatic carbocycles. The van der Waals surface area contributed by atoms with Crippen LogP contribution in [0.15, 0.2) is 48.5 Å². The summed E-state index contributed by atoms with van der Waals surface area (Å²) in [7, 11) is 0. The summed E-state index contributed by atoms with van der Waals surface area (Å²) in [4.78, 5) is 14.1. The predicted molar refractivity (Wildman–Crippen MR) is 99.4 cm³/mol. The first-order chi connectivity index (χ1) is 12.7. The van der Waals surface area contributed by atoms with Gasteiger partial charge in [-0.25, -0.2) is 5.48 Å². The monoisotopic (exact) mass is 347 g/mol. The number of aromatic nitrogens is 1. The molecule has 2 N–H and O–H groups in total. The maximum Gasteiger partial charge on any atom is 0.274 e. The van der Waals surface area contributed by atoms with Gasteiger partial charge in [-0.15, -0.1) is 0 Å². The van der Waals surface area contributed by atoms with Gasteiger partial charge in [0.05, 0.1) is 0 Å².